The van der Waals surface area contributed by atoms with Gasteiger partial charge in [-0.2, -0.15) is 0 Å². The number of nitrogens with two attached hydrogens (primary N) is 1. The van der Waals surface area contributed by atoms with Crippen LogP contribution in [0.3, 0.4) is 0 Å². The van der Waals surface area contributed by atoms with E-state index in [9.17, 15) is 28.7 Å². The summed E-state index contributed by atoms with van der Waals surface area (Å²) in [6.45, 7) is 43.0. The molecule has 3 amide bonds. The van der Waals surface area contributed by atoms with Gasteiger partial charge in [0, 0.05) is 103 Å². The van der Waals surface area contributed by atoms with Gasteiger partial charge in [0.1, 0.15) is 19.7 Å². The fraction of sp³-hybridized carbons (Fsp3) is 0.422. The molecule has 2 heterocycles. The van der Waals surface area contributed by atoms with E-state index in [-0.39, 0.29) is 87.6 Å². The molecule has 4 rings (SSSR count). The van der Waals surface area contributed by atoms with Gasteiger partial charge in [-0.25, -0.2) is 4.39 Å². The third kappa shape index (κ3) is 22.7. The number of carbonyl (C=O) groups is 4. The van der Waals surface area contributed by atoms with Crippen LogP contribution in [-0.4, -0.2) is 114 Å². The molecule has 0 bridgehead atoms. The van der Waals surface area contributed by atoms with Crippen LogP contribution in [0.15, 0.2) is 159 Å². The molecule has 2 aromatic carbocycles. The lowest BCUT2D eigenvalue weighted by molar-refractivity contribution is -0.137. The Morgan fingerprint density at radius 3 is 2.08 bits per heavy atom. The van der Waals surface area contributed by atoms with Crippen LogP contribution in [0.4, 0.5) is 4.39 Å². The Morgan fingerprint density at radius 1 is 0.783 bits per heavy atom. The van der Waals surface area contributed by atoms with Crippen molar-refractivity contribution in [1.82, 2.24) is 57.0 Å². The first-order valence-corrected chi connectivity index (χ1v) is 28.2. The molecular formula is C64H90BFN12O5. The average molecular weight is 1140 g/mol. The van der Waals surface area contributed by atoms with E-state index in [1.807, 2.05) is 59.0 Å². The fourth-order valence-corrected chi connectivity index (χ4v) is 9.28. The van der Waals surface area contributed by atoms with Crippen LogP contribution in [0.5, 0.6) is 0 Å². The maximum Gasteiger partial charge on any atom is 0.303 e. The lowest BCUT2D eigenvalue weighted by atomic mass is 9.82. The van der Waals surface area contributed by atoms with E-state index in [1.54, 1.807) is 30.6 Å². The molecule has 19 heteroatoms. The fourth-order valence-electron chi connectivity index (χ4n) is 9.28. The van der Waals surface area contributed by atoms with Gasteiger partial charge in [-0.1, -0.05) is 109 Å². The van der Waals surface area contributed by atoms with Gasteiger partial charge in [0.15, 0.2) is 0 Å². The van der Waals surface area contributed by atoms with Crippen LogP contribution in [-0.2, 0) is 32.1 Å². The van der Waals surface area contributed by atoms with E-state index in [2.05, 4.69) is 135 Å². The van der Waals surface area contributed by atoms with Crippen LogP contribution in [0.1, 0.15) is 110 Å². The summed E-state index contributed by atoms with van der Waals surface area (Å²) in [5.74, 6) is -2.26. The van der Waals surface area contributed by atoms with Gasteiger partial charge < -0.3 is 62.8 Å². The third-order valence-electron chi connectivity index (χ3n) is 14.3. The maximum absolute atomic E-state index is 14.9. The first-order chi connectivity index (χ1) is 39.1. The predicted octanol–water partition coefficient (Wildman–Crippen LogP) is 6.85. The summed E-state index contributed by atoms with van der Waals surface area (Å²) in [7, 11) is 6.50. The molecule has 0 fully saturated rings. The molecule has 5 atom stereocenters. The molecule has 0 aliphatic rings. The van der Waals surface area contributed by atoms with Gasteiger partial charge in [0.25, 0.3) is 0 Å². The zero-order chi connectivity index (χ0) is 61.6. The maximum atomic E-state index is 14.9. The molecule has 4 unspecified atom stereocenters. The van der Waals surface area contributed by atoms with Gasteiger partial charge in [0.05, 0.1) is 43.7 Å². The zero-order valence-electron chi connectivity index (χ0n) is 50.2. The van der Waals surface area contributed by atoms with E-state index in [4.69, 9.17) is 13.6 Å². The van der Waals surface area contributed by atoms with E-state index >= 15 is 0 Å². The Hall–Kier alpha value is -8.06. The number of pyridine rings is 1. The summed E-state index contributed by atoms with van der Waals surface area (Å²) in [5.41, 5.74) is 13.1. The van der Waals surface area contributed by atoms with Crippen molar-refractivity contribution in [1.29, 1.82) is 0 Å². The van der Waals surface area contributed by atoms with Crippen molar-refractivity contribution < 1.29 is 28.7 Å². The lowest BCUT2D eigenvalue weighted by Crippen LogP contribution is -2.51. The number of hydrogen-bond acceptors (Lipinski definition) is 12. The number of carbonyl (C=O) groups excluding carboxylic acids is 3. The second kappa shape index (κ2) is 32.0. The topological polar surface area (TPSA) is 232 Å². The summed E-state index contributed by atoms with van der Waals surface area (Å²) in [6.07, 6.45) is 6.62. The van der Waals surface area contributed by atoms with Gasteiger partial charge >= 0.3 is 5.97 Å². The highest BCUT2D eigenvalue weighted by Crippen LogP contribution is 2.42. The number of halogens is 1. The average Bonchev–Trinajstić information content (AvgIpc) is 2.53. The Kier molecular flexibility index (Phi) is 26.0. The first kappa shape index (κ1) is 67.5. The summed E-state index contributed by atoms with van der Waals surface area (Å²) < 4.78 is 17.0. The molecule has 0 saturated heterocycles. The quantitative estimate of drug-likeness (QED) is 0.0165. The standard InChI is InChI=1S/C64H90BFN12O5/c1-15-64(13,14)72-38-59(80)76-54(23-24-60(81)82)46(8)69-30-31-70-62(83)55(74-47(9)56(33-42(4)67)73-43(5)37-71-44(6)45(7)75-58(79)34-48-25-28-68-29-26-48)27-32-78(41(2)3)61(63(10,11)12)57-35-50(52-36-51(66)21-22-53(52)65)40-77(57)39-49-19-17-16-18-20-49/h16-22,25-26,28-29,35-36,40,45,54-56,61,69,71-74H,2,4-6,8-9,15,23-24,27,30-34,37-39,67H2,1,3,7,10-14H3,(H,70,83)(H,75,79)(H,76,80)(H,81,82)/t45-,54?,55?,56?,61?/m0/s1. The van der Waals surface area contributed by atoms with Crippen molar-refractivity contribution >= 4 is 37.0 Å². The zero-order valence-corrected chi connectivity index (χ0v) is 50.2. The summed E-state index contributed by atoms with van der Waals surface area (Å²) in [5, 5.41) is 34.9. The van der Waals surface area contributed by atoms with Crippen LogP contribution in [0.25, 0.3) is 11.1 Å². The van der Waals surface area contributed by atoms with Crippen LogP contribution >= 0.6 is 0 Å². The smallest absolute Gasteiger partial charge is 0.303 e. The number of hydrogen-bond donors (Lipinski definition) is 10. The Morgan fingerprint density at radius 2 is 1.46 bits per heavy atom. The van der Waals surface area contributed by atoms with Gasteiger partial charge in [-0.15, -0.1) is 0 Å². The summed E-state index contributed by atoms with van der Waals surface area (Å²) in [4.78, 5) is 58.4. The lowest BCUT2D eigenvalue weighted by Gasteiger charge is -2.43. The number of nitrogens with zero attached hydrogens (tertiary/aromatic N) is 3. The predicted molar refractivity (Wildman–Crippen MR) is 333 cm³/mol. The monoisotopic (exact) mass is 1140 g/mol. The highest BCUT2D eigenvalue weighted by Gasteiger charge is 2.36. The first-order valence-electron chi connectivity index (χ1n) is 28.2. The minimum Gasteiger partial charge on any atom is -0.481 e. The molecule has 2 radical (unpaired) electrons. The molecule has 83 heavy (non-hydrogen) atoms. The molecule has 446 valence electrons. The Bertz CT molecular complexity index is 2900. The number of carboxylic acids is 1. The van der Waals surface area contributed by atoms with E-state index < -0.39 is 41.4 Å². The SMILES string of the molecule is [B]c1ccc(F)cc1-c1cc(C(N(CCC(NC(=C)C(CC(=C)N)NC(=C)CNC(=C)[C@H](C)NC(=O)Cc2ccncc2)C(=O)NCCNC(=C)C(CCC(=O)O)NC(=O)CNC(C)(C)CC)C(=C)C)C(C)(C)C)n(Cc2ccccc2)c1. The molecule has 2 aromatic heterocycles. The number of aliphatic carboxylic acids is 1. The Labute approximate surface area is 493 Å². The number of allylic oxidation sites excluding steroid dienone is 1. The van der Waals surface area contributed by atoms with Gasteiger partial charge in [-0.3, -0.25) is 24.2 Å². The largest absolute Gasteiger partial charge is 0.481 e. The number of benzene rings is 2. The second-order valence-corrected chi connectivity index (χ2v) is 23.0. The van der Waals surface area contributed by atoms with Gasteiger partial charge in [-0.05, 0) is 105 Å². The van der Waals surface area contributed by atoms with Crippen LogP contribution in [0, 0.1) is 11.2 Å². The molecule has 0 spiro atoms. The Balaban J connectivity index is 1.62. The van der Waals surface area contributed by atoms with Crippen LogP contribution in [0.2, 0.25) is 0 Å². The number of nitrogens with one attached hydrogen (secondary N) is 8. The molecule has 0 saturated carbocycles. The van der Waals surface area contributed by atoms with Crippen molar-refractivity contribution in [3.05, 3.63) is 182 Å². The van der Waals surface area contributed by atoms with Crippen molar-refractivity contribution in [3.63, 3.8) is 0 Å². The molecule has 0 aliphatic carbocycles. The minimum absolute atomic E-state index is 0.0312. The number of aromatic nitrogens is 2. The molecule has 17 nitrogen and oxygen atoms in total. The normalized spacial score (nSPS) is 13.2. The third-order valence-corrected chi connectivity index (χ3v) is 14.3. The molecule has 0 aliphatic heterocycles. The molecule has 11 N–H and O–H groups in total. The number of amides is 3. The summed E-state index contributed by atoms with van der Waals surface area (Å²) in [6, 6.07) is 17.1. The van der Waals surface area contributed by atoms with Crippen molar-refractivity contribution in [2.24, 2.45) is 11.1 Å². The minimum atomic E-state index is -1.01. The second-order valence-electron chi connectivity index (χ2n) is 23.0. The van der Waals surface area contributed by atoms with Gasteiger partial charge in [0.2, 0.25) is 17.7 Å². The highest BCUT2D eigenvalue weighted by atomic mass is 19.1. The molecular weight excluding hydrogens is 1050 g/mol. The summed E-state index contributed by atoms with van der Waals surface area (Å²) >= 11 is 0. The number of carboxylic acid groups (broad SMARTS) is 1. The van der Waals surface area contributed by atoms with E-state index in [0.717, 1.165) is 34.5 Å². The van der Waals surface area contributed by atoms with E-state index in [0.29, 0.717) is 52.6 Å². The number of rotatable bonds is 37. The van der Waals surface area contributed by atoms with Crippen LogP contribution < -0.4 is 53.7 Å². The van der Waals surface area contributed by atoms with E-state index in [1.165, 1.54) is 12.1 Å². The van der Waals surface area contributed by atoms with Crippen molar-refractivity contribution in [2.45, 2.75) is 136 Å². The highest BCUT2D eigenvalue weighted by molar-refractivity contribution is 6.35. The molecule has 4 aromatic rings. The van der Waals surface area contributed by atoms with Crippen molar-refractivity contribution in [3.8, 4) is 11.1 Å². The van der Waals surface area contributed by atoms with Crippen molar-refractivity contribution in [2.75, 3.05) is 32.7 Å².